The maximum absolute atomic E-state index is 4.51. The smallest absolute Gasteiger partial charge is 0.112 e. The van der Waals surface area contributed by atoms with Gasteiger partial charge in [-0.2, -0.15) is 0 Å². The van der Waals surface area contributed by atoms with Crippen LogP contribution in [0.4, 0.5) is 5.69 Å². The van der Waals surface area contributed by atoms with E-state index in [4.69, 9.17) is 0 Å². The molecule has 0 aromatic carbocycles. The second-order valence-corrected chi connectivity index (χ2v) is 5.28. The molecule has 3 nitrogen and oxygen atoms in total. The van der Waals surface area contributed by atoms with Crippen LogP contribution in [-0.4, -0.2) is 22.6 Å². The minimum absolute atomic E-state index is 0.705. The Bertz CT molecular complexity index is 551. The fourth-order valence-corrected chi connectivity index (χ4v) is 2.55. The lowest BCUT2D eigenvalue weighted by Gasteiger charge is -2.23. The summed E-state index contributed by atoms with van der Waals surface area (Å²) in [5.41, 5.74) is 3.17. The van der Waals surface area contributed by atoms with Gasteiger partial charge in [-0.25, -0.2) is 0 Å². The molecular weight excluding hydrogens is 278 g/mol. The Morgan fingerprint density at radius 2 is 2.24 bits per heavy atom. The maximum Gasteiger partial charge on any atom is 0.112 e. The quantitative estimate of drug-likeness (QED) is 0.868. The van der Waals surface area contributed by atoms with E-state index in [0.29, 0.717) is 6.04 Å². The number of aromatic nitrogens is 2. The van der Waals surface area contributed by atoms with Crippen LogP contribution in [0.3, 0.4) is 0 Å². The summed E-state index contributed by atoms with van der Waals surface area (Å²) >= 11 is 3.44. The van der Waals surface area contributed by atoms with Crippen LogP contribution >= 0.6 is 15.9 Å². The molecule has 2 heterocycles. The van der Waals surface area contributed by atoms with Crippen molar-refractivity contribution < 1.29 is 0 Å². The van der Waals surface area contributed by atoms with Crippen LogP contribution in [0.5, 0.6) is 0 Å². The standard InChI is InChI=1S/C13H14BrN3/c1-2-17(10-3-4-10)12-5-6-15-11-7-9(14)8-16-13(11)12/h5-8,10H,2-4H2,1H3. The third-order valence-electron chi connectivity index (χ3n) is 3.16. The van der Waals surface area contributed by atoms with E-state index in [1.807, 2.05) is 18.5 Å². The fraction of sp³-hybridized carbons (Fsp3) is 0.385. The molecule has 1 aliphatic rings. The van der Waals surface area contributed by atoms with Crippen molar-refractivity contribution in [3.05, 3.63) is 29.0 Å². The van der Waals surface area contributed by atoms with E-state index in [1.165, 1.54) is 18.5 Å². The zero-order chi connectivity index (χ0) is 11.8. The predicted molar refractivity (Wildman–Crippen MR) is 73.3 cm³/mol. The third kappa shape index (κ3) is 2.02. The number of fused-ring (bicyclic) bond motifs is 1. The SMILES string of the molecule is CCN(c1ccnc2cc(Br)cnc12)C1CC1. The lowest BCUT2D eigenvalue weighted by atomic mass is 10.2. The number of halogens is 1. The molecule has 0 aliphatic heterocycles. The molecule has 0 unspecified atom stereocenters. The summed E-state index contributed by atoms with van der Waals surface area (Å²) in [6.45, 7) is 3.23. The molecule has 17 heavy (non-hydrogen) atoms. The van der Waals surface area contributed by atoms with Gasteiger partial charge in [0, 0.05) is 29.5 Å². The Labute approximate surface area is 109 Å². The third-order valence-corrected chi connectivity index (χ3v) is 3.59. The van der Waals surface area contributed by atoms with E-state index in [2.05, 4.69) is 43.8 Å². The van der Waals surface area contributed by atoms with Gasteiger partial charge < -0.3 is 4.90 Å². The average molecular weight is 292 g/mol. The molecule has 0 amide bonds. The normalized spacial score (nSPS) is 15.2. The maximum atomic E-state index is 4.51. The van der Waals surface area contributed by atoms with Crippen LogP contribution in [0.15, 0.2) is 29.0 Å². The Hall–Kier alpha value is -1.16. The summed E-state index contributed by atoms with van der Waals surface area (Å²) in [6, 6.07) is 4.80. The Kier molecular flexibility index (Phi) is 2.74. The predicted octanol–water partition coefficient (Wildman–Crippen LogP) is 3.38. The second-order valence-electron chi connectivity index (χ2n) is 4.37. The first-order valence-corrected chi connectivity index (χ1v) is 6.76. The van der Waals surface area contributed by atoms with E-state index >= 15 is 0 Å². The lowest BCUT2D eigenvalue weighted by Crippen LogP contribution is -2.25. The van der Waals surface area contributed by atoms with Gasteiger partial charge in [0.05, 0.1) is 11.2 Å². The highest BCUT2D eigenvalue weighted by atomic mass is 79.9. The van der Waals surface area contributed by atoms with Crippen molar-refractivity contribution in [3.63, 3.8) is 0 Å². The number of nitrogens with zero attached hydrogens (tertiary/aromatic N) is 3. The second kappa shape index (κ2) is 4.26. The molecule has 3 rings (SSSR count). The van der Waals surface area contributed by atoms with Crippen molar-refractivity contribution in [2.75, 3.05) is 11.4 Å². The minimum atomic E-state index is 0.705. The topological polar surface area (TPSA) is 29.0 Å². The molecule has 4 heteroatoms. The van der Waals surface area contributed by atoms with E-state index in [-0.39, 0.29) is 0 Å². The molecule has 1 aliphatic carbocycles. The van der Waals surface area contributed by atoms with Crippen LogP contribution in [0.2, 0.25) is 0 Å². The largest absolute Gasteiger partial charge is 0.367 e. The van der Waals surface area contributed by atoms with Crippen LogP contribution in [0.25, 0.3) is 11.0 Å². The molecule has 1 fully saturated rings. The first-order valence-electron chi connectivity index (χ1n) is 5.96. The van der Waals surface area contributed by atoms with Gasteiger partial charge >= 0.3 is 0 Å². The Morgan fingerprint density at radius 1 is 1.41 bits per heavy atom. The summed E-state index contributed by atoms with van der Waals surface area (Å²) in [5, 5.41) is 0. The lowest BCUT2D eigenvalue weighted by molar-refractivity contribution is 0.828. The summed E-state index contributed by atoms with van der Waals surface area (Å²) in [4.78, 5) is 11.3. The van der Waals surface area contributed by atoms with E-state index in [0.717, 1.165) is 22.1 Å². The van der Waals surface area contributed by atoms with Gasteiger partial charge in [0.25, 0.3) is 0 Å². The molecule has 0 N–H and O–H groups in total. The summed E-state index contributed by atoms with van der Waals surface area (Å²) in [6.07, 6.45) is 6.31. The molecule has 0 atom stereocenters. The molecule has 0 radical (unpaired) electrons. The molecule has 1 saturated carbocycles. The van der Waals surface area contributed by atoms with Crippen molar-refractivity contribution in [3.8, 4) is 0 Å². The molecule has 88 valence electrons. The number of anilines is 1. The minimum Gasteiger partial charge on any atom is -0.367 e. The van der Waals surface area contributed by atoms with Gasteiger partial charge in [0.15, 0.2) is 0 Å². The number of rotatable bonds is 3. The van der Waals surface area contributed by atoms with E-state index < -0.39 is 0 Å². The van der Waals surface area contributed by atoms with Crippen molar-refractivity contribution in [2.24, 2.45) is 0 Å². The van der Waals surface area contributed by atoms with Crippen molar-refractivity contribution in [1.82, 2.24) is 9.97 Å². The number of pyridine rings is 2. The molecule has 0 spiro atoms. The van der Waals surface area contributed by atoms with Crippen LogP contribution in [-0.2, 0) is 0 Å². The van der Waals surface area contributed by atoms with E-state index in [9.17, 15) is 0 Å². The summed E-state index contributed by atoms with van der Waals surface area (Å²) in [5.74, 6) is 0. The highest BCUT2D eigenvalue weighted by Crippen LogP contribution is 2.34. The van der Waals surface area contributed by atoms with Gasteiger partial charge in [0.1, 0.15) is 5.52 Å². The summed E-state index contributed by atoms with van der Waals surface area (Å²) < 4.78 is 0.976. The Balaban J connectivity index is 2.14. The highest BCUT2D eigenvalue weighted by Gasteiger charge is 2.29. The van der Waals surface area contributed by atoms with E-state index in [1.54, 1.807) is 0 Å². The van der Waals surface area contributed by atoms with Crippen LogP contribution in [0.1, 0.15) is 19.8 Å². The van der Waals surface area contributed by atoms with Gasteiger partial charge in [-0.3, -0.25) is 9.97 Å². The molecule has 0 bridgehead atoms. The number of hydrogen-bond acceptors (Lipinski definition) is 3. The first-order chi connectivity index (χ1) is 8.29. The molecular formula is C13H14BrN3. The van der Waals surface area contributed by atoms with Crippen LogP contribution in [0, 0.1) is 0 Å². The van der Waals surface area contributed by atoms with Gasteiger partial charge in [0.2, 0.25) is 0 Å². The fourth-order valence-electron chi connectivity index (χ4n) is 2.23. The van der Waals surface area contributed by atoms with Crippen molar-refractivity contribution in [2.45, 2.75) is 25.8 Å². The summed E-state index contributed by atoms with van der Waals surface area (Å²) in [7, 11) is 0. The monoisotopic (exact) mass is 291 g/mol. The zero-order valence-electron chi connectivity index (χ0n) is 9.73. The van der Waals surface area contributed by atoms with Crippen molar-refractivity contribution in [1.29, 1.82) is 0 Å². The first kappa shape index (κ1) is 11.0. The van der Waals surface area contributed by atoms with Gasteiger partial charge in [-0.15, -0.1) is 0 Å². The zero-order valence-corrected chi connectivity index (χ0v) is 11.3. The van der Waals surface area contributed by atoms with Crippen molar-refractivity contribution >= 4 is 32.7 Å². The molecule has 2 aromatic heterocycles. The highest BCUT2D eigenvalue weighted by molar-refractivity contribution is 9.10. The van der Waals surface area contributed by atoms with Gasteiger partial charge in [-0.05, 0) is 47.8 Å². The average Bonchev–Trinajstić information content (AvgIpc) is 3.14. The Morgan fingerprint density at radius 3 is 2.94 bits per heavy atom. The molecule has 2 aromatic rings. The number of hydrogen-bond donors (Lipinski definition) is 0. The van der Waals surface area contributed by atoms with Crippen LogP contribution < -0.4 is 4.90 Å². The molecule has 0 saturated heterocycles. The van der Waals surface area contributed by atoms with Gasteiger partial charge in [-0.1, -0.05) is 0 Å².